The molecule has 0 amide bonds. The van der Waals surface area contributed by atoms with Gasteiger partial charge in [0.2, 0.25) is 0 Å². The van der Waals surface area contributed by atoms with E-state index in [4.69, 9.17) is 15.6 Å². The number of benzene rings is 1. The van der Waals surface area contributed by atoms with Crippen molar-refractivity contribution in [3.8, 4) is 11.5 Å². The van der Waals surface area contributed by atoms with Gasteiger partial charge in [-0.25, -0.2) is 4.39 Å². The molecule has 0 aliphatic rings. The molecule has 1 unspecified atom stereocenters. The number of hydrogen-bond donors (Lipinski definition) is 3. The topological polar surface area (TPSA) is 92.8 Å². The van der Waals surface area contributed by atoms with E-state index in [1.54, 1.807) is 0 Å². The van der Waals surface area contributed by atoms with Crippen molar-refractivity contribution < 1.29 is 24.1 Å². The number of aliphatic carboxylic acids is 1. The van der Waals surface area contributed by atoms with Crippen LogP contribution in [0.4, 0.5) is 4.39 Å². The quantitative estimate of drug-likeness (QED) is 0.716. The first-order valence-electron chi connectivity index (χ1n) is 4.49. The lowest BCUT2D eigenvalue weighted by Crippen LogP contribution is -2.16. The van der Waals surface area contributed by atoms with Gasteiger partial charge in [-0.1, -0.05) is 0 Å². The number of phenolic OH excluding ortho intramolecular Hbond substituents is 1. The summed E-state index contributed by atoms with van der Waals surface area (Å²) < 4.78 is 18.1. The van der Waals surface area contributed by atoms with Gasteiger partial charge in [0.05, 0.1) is 13.5 Å². The van der Waals surface area contributed by atoms with E-state index in [0.29, 0.717) is 0 Å². The average Bonchev–Trinajstić information content (AvgIpc) is 2.19. The molecule has 4 N–H and O–H groups in total. The Morgan fingerprint density at radius 3 is 2.75 bits per heavy atom. The van der Waals surface area contributed by atoms with Crippen LogP contribution in [0.1, 0.15) is 18.0 Å². The molecule has 88 valence electrons. The molecule has 1 aromatic carbocycles. The van der Waals surface area contributed by atoms with Gasteiger partial charge in [-0.2, -0.15) is 0 Å². The first-order valence-corrected chi connectivity index (χ1v) is 4.49. The third-order valence-corrected chi connectivity index (χ3v) is 2.09. The molecule has 0 aliphatic carbocycles. The van der Waals surface area contributed by atoms with Gasteiger partial charge >= 0.3 is 5.97 Å². The van der Waals surface area contributed by atoms with Crippen molar-refractivity contribution in [1.29, 1.82) is 0 Å². The molecule has 0 spiro atoms. The van der Waals surface area contributed by atoms with Crippen LogP contribution in [0.3, 0.4) is 0 Å². The molecule has 0 saturated carbocycles. The molecule has 6 heteroatoms. The summed E-state index contributed by atoms with van der Waals surface area (Å²) in [7, 11) is 1.28. The summed E-state index contributed by atoms with van der Waals surface area (Å²) in [5, 5.41) is 17.9. The van der Waals surface area contributed by atoms with Crippen molar-refractivity contribution in [2.75, 3.05) is 7.11 Å². The molecular formula is C10H12FNO4. The zero-order valence-corrected chi connectivity index (χ0v) is 8.61. The highest BCUT2D eigenvalue weighted by atomic mass is 19.1. The highest BCUT2D eigenvalue weighted by Gasteiger charge is 2.17. The zero-order chi connectivity index (χ0) is 12.3. The Balaban J connectivity index is 3.05. The molecule has 0 radical (unpaired) electrons. The average molecular weight is 229 g/mol. The number of methoxy groups -OCH3 is 1. The molecule has 1 rings (SSSR count). The number of carboxylic acid groups (broad SMARTS) is 1. The fraction of sp³-hybridized carbons (Fsp3) is 0.300. The predicted octanol–water partition coefficient (Wildman–Crippen LogP) is 1.01. The molecule has 5 nitrogen and oxygen atoms in total. The maximum absolute atomic E-state index is 13.5. The number of aromatic hydroxyl groups is 1. The second kappa shape index (κ2) is 4.80. The smallest absolute Gasteiger partial charge is 0.305 e. The molecule has 16 heavy (non-hydrogen) atoms. The summed E-state index contributed by atoms with van der Waals surface area (Å²) >= 11 is 0. The fourth-order valence-electron chi connectivity index (χ4n) is 1.31. The van der Waals surface area contributed by atoms with E-state index in [2.05, 4.69) is 0 Å². The molecular weight excluding hydrogens is 217 g/mol. The number of carboxylic acids is 1. The lowest BCUT2D eigenvalue weighted by Gasteiger charge is -2.12. The van der Waals surface area contributed by atoms with E-state index in [1.807, 2.05) is 0 Å². The number of ether oxygens (including phenoxy) is 1. The van der Waals surface area contributed by atoms with E-state index in [-0.39, 0.29) is 17.1 Å². The second-order valence-electron chi connectivity index (χ2n) is 3.25. The van der Waals surface area contributed by atoms with Crippen LogP contribution in [-0.2, 0) is 4.79 Å². The summed E-state index contributed by atoms with van der Waals surface area (Å²) in [4.78, 5) is 10.4. The van der Waals surface area contributed by atoms with Crippen molar-refractivity contribution in [3.63, 3.8) is 0 Å². The fourth-order valence-corrected chi connectivity index (χ4v) is 1.31. The van der Waals surface area contributed by atoms with Gasteiger partial charge in [0.1, 0.15) is 5.82 Å². The third kappa shape index (κ3) is 2.60. The molecule has 0 aromatic heterocycles. The number of phenols is 1. The summed E-state index contributed by atoms with van der Waals surface area (Å²) in [5.41, 5.74) is 5.43. The van der Waals surface area contributed by atoms with Crippen molar-refractivity contribution in [2.24, 2.45) is 5.73 Å². The van der Waals surface area contributed by atoms with Gasteiger partial charge in [-0.3, -0.25) is 4.79 Å². The lowest BCUT2D eigenvalue weighted by atomic mass is 10.0. The highest BCUT2D eigenvalue weighted by molar-refractivity contribution is 5.68. The van der Waals surface area contributed by atoms with Crippen LogP contribution in [0.15, 0.2) is 12.1 Å². The molecule has 1 atom stereocenters. The van der Waals surface area contributed by atoms with E-state index in [1.165, 1.54) is 7.11 Å². The SMILES string of the molecule is COc1cc(F)c(C(N)CC(=O)O)cc1O. The van der Waals surface area contributed by atoms with Crippen LogP contribution < -0.4 is 10.5 Å². The Morgan fingerprint density at radius 1 is 1.62 bits per heavy atom. The third-order valence-electron chi connectivity index (χ3n) is 2.09. The Hall–Kier alpha value is -1.82. The standard InChI is InChI=1S/C10H12FNO4/c1-16-9-3-6(11)5(2-8(9)13)7(12)4-10(14)15/h2-3,7,13H,4,12H2,1H3,(H,14,15). The maximum Gasteiger partial charge on any atom is 0.305 e. The van der Waals surface area contributed by atoms with Crippen molar-refractivity contribution in [1.82, 2.24) is 0 Å². The number of hydrogen-bond acceptors (Lipinski definition) is 4. The van der Waals surface area contributed by atoms with Crippen molar-refractivity contribution in [2.45, 2.75) is 12.5 Å². The summed E-state index contributed by atoms with van der Waals surface area (Å²) in [6.45, 7) is 0. The Labute approximate surface area is 91.3 Å². The normalized spacial score (nSPS) is 12.2. The van der Waals surface area contributed by atoms with Gasteiger partial charge in [0.15, 0.2) is 11.5 Å². The lowest BCUT2D eigenvalue weighted by molar-refractivity contribution is -0.137. The minimum Gasteiger partial charge on any atom is -0.504 e. The van der Waals surface area contributed by atoms with Crippen molar-refractivity contribution in [3.05, 3.63) is 23.5 Å². The molecule has 0 heterocycles. The van der Waals surface area contributed by atoms with Gasteiger partial charge < -0.3 is 20.7 Å². The first kappa shape index (κ1) is 12.3. The Morgan fingerprint density at radius 2 is 2.25 bits per heavy atom. The molecule has 0 aliphatic heterocycles. The van der Waals surface area contributed by atoms with E-state index < -0.39 is 24.2 Å². The van der Waals surface area contributed by atoms with E-state index >= 15 is 0 Å². The summed E-state index contributed by atoms with van der Waals surface area (Å²) in [5.74, 6) is -2.14. The predicted molar refractivity (Wildman–Crippen MR) is 53.8 cm³/mol. The van der Waals surface area contributed by atoms with Gasteiger partial charge in [-0.05, 0) is 6.07 Å². The highest BCUT2D eigenvalue weighted by Crippen LogP contribution is 2.31. The number of halogens is 1. The summed E-state index contributed by atoms with van der Waals surface area (Å²) in [6.07, 6.45) is -0.414. The monoisotopic (exact) mass is 229 g/mol. The van der Waals surface area contributed by atoms with Crippen LogP contribution in [0.5, 0.6) is 11.5 Å². The molecule has 0 saturated heterocycles. The van der Waals surface area contributed by atoms with Crippen LogP contribution >= 0.6 is 0 Å². The van der Waals surface area contributed by atoms with E-state index in [9.17, 15) is 14.3 Å². The van der Waals surface area contributed by atoms with Gasteiger partial charge in [0.25, 0.3) is 0 Å². The minimum atomic E-state index is -1.14. The van der Waals surface area contributed by atoms with Crippen LogP contribution in [0.25, 0.3) is 0 Å². The number of carbonyl (C=O) groups is 1. The zero-order valence-electron chi connectivity index (χ0n) is 8.61. The van der Waals surface area contributed by atoms with Crippen LogP contribution in [-0.4, -0.2) is 23.3 Å². The number of nitrogens with two attached hydrogens (primary N) is 1. The molecule has 0 bridgehead atoms. The Bertz CT molecular complexity index is 408. The van der Waals surface area contributed by atoms with Gasteiger partial charge in [-0.15, -0.1) is 0 Å². The Kier molecular flexibility index (Phi) is 3.68. The van der Waals surface area contributed by atoms with E-state index in [0.717, 1.165) is 12.1 Å². The minimum absolute atomic E-state index is 0.0243. The van der Waals surface area contributed by atoms with Crippen LogP contribution in [0, 0.1) is 5.82 Å². The van der Waals surface area contributed by atoms with Crippen molar-refractivity contribution >= 4 is 5.97 Å². The molecule has 1 aromatic rings. The summed E-state index contributed by atoms with van der Waals surface area (Å²) in [6, 6.07) is 1.03. The molecule has 0 fully saturated rings. The second-order valence-corrected chi connectivity index (χ2v) is 3.25. The number of rotatable bonds is 4. The first-order chi connectivity index (χ1) is 7.45. The largest absolute Gasteiger partial charge is 0.504 e. The van der Waals surface area contributed by atoms with Gasteiger partial charge in [0, 0.05) is 17.7 Å². The van der Waals surface area contributed by atoms with Crippen LogP contribution in [0.2, 0.25) is 0 Å². The maximum atomic E-state index is 13.5.